The van der Waals surface area contributed by atoms with Crippen LogP contribution in [-0.2, 0) is 6.54 Å². The molecule has 0 aromatic heterocycles. The monoisotopic (exact) mass is 239 g/mol. The summed E-state index contributed by atoms with van der Waals surface area (Å²) in [4.78, 5) is 5.63. The average molecular weight is 240 g/mol. The Bertz CT molecular complexity index is 445. The van der Waals surface area contributed by atoms with Crippen molar-refractivity contribution in [2.45, 2.75) is 12.7 Å². The maximum atomic E-state index is 13.0. The number of nitrogens with two attached hydrogens (primary N) is 1. The van der Waals surface area contributed by atoms with Gasteiger partial charge in [0.2, 0.25) is 0 Å². The molecule has 16 heavy (non-hydrogen) atoms. The van der Waals surface area contributed by atoms with Gasteiger partial charge in [0.05, 0.1) is 6.20 Å². The molecule has 0 saturated carbocycles. The van der Waals surface area contributed by atoms with Gasteiger partial charge in [0.15, 0.2) is 0 Å². The van der Waals surface area contributed by atoms with E-state index in [2.05, 4.69) is 4.99 Å². The van der Waals surface area contributed by atoms with Crippen LogP contribution in [0, 0.1) is 5.82 Å². The summed E-state index contributed by atoms with van der Waals surface area (Å²) in [7, 11) is 0. The number of halogens is 2. The van der Waals surface area contributed by atoms with Crippen molar-refractivity contribution in [3.63, 3.8) is 0 Å². The van der Waals surface area contributed by atoms with E-state index in [1.807, 2.05) is 6.07 Å². The maximum absolute atomic E-state index is 13.0. The van der Waals surface area contributed by atoms with E-state index in [1.165, 1.54) is 18.3 Å². The van der Waals surface area contributed by atoms with Crippen LogP contribution in [0.2, 0.25) is 0 Å². The highest BCUT2D eigenvalue weighted by Crippen LogP contribution is 2.18. The molecule has 3 nitrogen and oxygen atoms in total. The SMILES string of the molecule is NC1C=NC=C(Cl)N1Cc1cccc(F)c1. The Morgan fingerprint density at radius 1 is 1.50 bits per heavy atom. The van der Waals surface area contributed by atoms with E-state index >= 15 is 0 Å². The van der Waals surface area contributed by atoms with Gasteiger partial charge in [0, 0.05) is 12.8 Å². The number of benzene rings is 1. The summed E-state index contributed by atoms with van der Waals surface area (Å²) < 4.78 is 13.0. The molecule has 0 saturated heterocycles. The highest BCUT2D eigenvalue weighted by atomic mass is 35.5. The van der Waals surface area contributed by atoms with Gasteiger partial charge in [-0.3, -0.25) is 4.99 Å². The van der Waals surface area contributed by atoms with E-state index < -0.39 is 0 Å². The van der Waals surface area contributed by atoms with E-state index in [1.54, 1.807) is 17.2 Å². The van der Waals surface area contributed by atoms with Gasteiger partial charge in [-0.2, -0.15) is 0 Å². The Morgan fingerprint density at radius 3 is 3.00 bits per heavy atom. The second kappa shape index (κ2) is 4.63. The molecule has 0 spiro atoms. The van der Waals surface area contributed by atoms with Gasteiger partial charge in [-0.25, -0.2) is 4.39 Å². The summed E-state index contributed by atoms with van der Waals surface area (Å²) in [5.41, 5.74) is 6.63. The third-order valence-corrected chi connectivity index (χ3v) is 2.61. The summed E-state index contributed by atoms with van der Waals surface area (Å²) in [5.74, 6) is -0.267. The molecule has 84 valence electrons. The normalized spacial score (nSPS) is 19.8. The second-order valence-corrected chi connectivity index (χ2v) is 3.89. The topological polar surface area (TPSA) is 41.6 Å². The smallest absolute Gasteiger partial charge is 0.125 e. The van der Waals surface area contributed by atoms with Crippen LogP contribution < -0.4 is 5.73 Å². The molecule has 5 heteroatoms. The molecule has 1 atom stereocenters. The van der Waals surface area contributed by atoms with Crippen LogP contribution in [0.15, 0.2) is 40.6 Å². The molecule has 2 rings (SSSR count). The molecular formula is C11H11ClFN3. The Morgan fingerprint density at radius 2 is 2.31 bits per heavy atom. The lowest BCUT2D eigenvalue weighted by Crippen LogP contribution is -2.42. The predicted octanol–water partition coefficient (Wildman–Crippen LogP) is 2.03. The van der Waals surface area contributed by atoms with Gasteiger partial charge in [-0.15, -0.1) is 0 Å². The Balaban J connectivity index is 2.15. The van der Waals surface area contributed by atoms with Gasteiger partial charge in [-0.1, -0.05) is 23.7 Å². The highest BCUT2D eigenvalue weighted by molar-refractivity contribution is 6.29. The highest BCUT2D eigenvalue weighted by Gasteiger charge is 2.17. The zero-order valence-corrected chi connectivity index (χ0v) is 9.23. The molecule has 0 fully saturated rings. The van der Waals surface area contributed by atoms with E-state index in [9.17, 15) is 4.39 Å². The molecule has 1 unspecified atom stereocenters. The fourth-order valence-electron chi connectivity index (χ4n) is 1.50. The average Bonchev–Trinajstić information content (AvgIpc) is 2.24. The predicted molar refractivity (Wildman–Crippen MR) is 62.3 cm³/mol. The van der Waals surface area contributed by atoms with Crippen LogP contribution in [0.3, 0.4) is 0 Å². The first-order chi connectivity index (χ1) is 7.66. The fourth-order valence-corrected chi connectivity index (χ4v) is 1.73. The molecule has 2 N–H and O–H groups in total. The summed E-state index contributed by atoms with van der Waals surface area (Å²) >= 11 is 5.97. The Kier molecular flexibility index (Phi) is 3.22. The molecule has 1 aromatic carbocycles. The summed E-state index contributed by atoms with van der Waals surface area (Å²) in [6.07, 6.45) is 2.73. The van der Waals surface area contributed by atoms with Crippen LogP contribution in [0.1, 0.15) is 5.56 Å². The minimum atomic E-state index is -0.374. The van der Waals surface area contributed by atoms with E-state index in [0.717, 1.165) is 5.56 Å². The summed E-state index contributed by atoms with van der Waals surface area (Å²) in [6.45, 7) is 0.459. The minimum absolute atomic E-state index is 0.267. The van der Waals surface area contributed by atoms with E-state index in [0.29, 0.717) is 11.7 Å². The summed E-state index contributed by atoms with van der Waals surface area (Å²) in [6, 6.07) is 6.35. The van der Waals surface area contributed by atoms with Crippen molar-refractivity contribution in [2.24, 2.45) is 10.7 Å². The molecule has 0 radical (unpaired) electrons. The zero-order valence-electron chi connectivity index (χ0n) is 8.48. The van der Waals surface area contributed by atoms with Crippen LogP contribution in [-0.4, -0.2) is 17.3 Å². The first-order valence-corrected chi connectivity index (χ1v) is 5.20. The zero-order chi connectivity index (χ0) is 11.5. The lowest BCUT2D eigenvalue weighted by molar-refractivity contribution is 0.321. The van der Waals surface area contributed by atoms with Crippen LogP contribution in [0.4, 0.5) is 4.39 Å². The molecule has 0 bridgehead atoms. The van der Waals surface area contributed by atoms with Gasteiger partial charge < -0.3 is 10.6 Å². The first kappa shape index (κ1) is 11.1. The lowest BCUT2D eigenvalue weighted by atomic mass is 10.2. The standard InChI is InChI=1S/C11H11ClFN3/c12-10-5-15-6-11(14)16(10)7-8-2-1-3-9(13)4-8/h1-6,11H,7,14H2. The van der Waals surface area contributed by atoms with E-state index in [4.69, 9.17) is 17.3 Å². The second-order valence-electron chi connectivity index (χ2n) is 3.50. The van der Waals surface area contributed by atoms with Crippen LogP contribution in [0.5, 0.6) is 0 Å². The van der Waals surface area contributed by atoms with Crippen LogP contribution in [0.25, 0.3) is 0 Å². The van der Waals surface area contributed by atoms with Crippen LogP contribution >= 0.6 is 11.6 Å². The number of hydrogen-bond acceptors (Lipinski definition) is 3. The molecular weight excluding hydrogens is 229 g/mol. The molecule has 1 aliphatic heterocycles. The quantitative estimate of drug-likeness (QED) is 0.803. The number of rotatable bonds is 2. The van der Waals surface area contributed by atoms with Crippen molar-refractivity contribution >= 4 is 17.8 Å². The van der Waals surface area contributed by atoms with Gasteiger partial charge >= 0.3 is 0 Å². The largest absolute Gasteiger partial charge is 0.336 e. The van der Waals surface area contributed by atoms with Crippen molar-refractivity contribution in [1.82, 2.24) is 4.90 Å². The Hall–Kier alpha value is -1.39. The third kappa shape index (κ3) is 2.40. The molecule has 0 aliphatic carbocycles. The molecule has 1 heterocycles. The van der Waals surface area contributed by atoms with Crippen molar-refractivity contribution in [3.05, 3.63) is 47.0 Å². The minimum Gasteiger partial charge on any atom is -0.336 e. The molecule has 0 amide bonds. The first-order valence-electron chi connectivity index (χ1n) is 4.82. The summed E-state index contributed by atoms with van der Waals surface area (Å²) in [5, 5.41) is 0.458. The van der Waals surface area contributed by atoms with Crippen molar-refractivity contribution < 1.29 is 4.39 Å². The molecule has 1 aromatic rings. The number of aliphatic imine (C=N–C) groups is 1. The van der Waals surface area contributed by atoms with Crippen molar-refractivity contribution in [1.29, 1.82) is 0 Å². The number of hydrogen-bond donors (Lipinski definition) is 1. The van der Waals surface area contributed by atoms with E-state index in [-0.39, 0.29) is 12.0 Å². The van der Waals surface area contributed by atoms with Crippen molar-refractivity contribution in [3.8, 4) is 0 Å². The molecule has 1 aliphatic rings. The third-order valence-electron chi connectivity index (χ3n) is 2.30. The maximum Gasteiger partial charge on any atom is 0.125 e. The van der Waals surface area contributed by atoms with Gasteiger partial charge in [0.1, 0.15) is 17.1 Å². The van der Waals surface area contributed by atoms with Gasteiger partial charge in [0.25, 0.3) is 0 Å². The van der Waals surface area contributed by atoms with Gasteiger partial charge in [-0.05, 0) is 17.7 Å². The lowest BCUT2D eigenvalue weighted by Gasteiger charge is -2.29. The van der Waals surface area contributed by atoms with Crippen molar-refractivity contribution in [2.75, 3.05) is 0 Å². The Labute approximate surface area is 98.0 Å². The number of nitrogens with zero attached hydrogens (tertiary/aromatic N) is 2. The fraction of sp³-hybridized carbons (Fsp3) is 0.182.